The van der Waals surface area contributed by atoms with E-state index in [0.717, 1.165) is 22.4 Å². The Kier molecular flexibility index (Phi) is 4.44. The summed E-state index contributed by atoms with van der Waals surface area (Å²) in [5, 5.41) is 9.46. The minimum atomic E-state index is -0.364. The van der Waals surface area contributed by atoms with E-state index in [-0.39, 0.29) is 22.8 Å². The molecule has 138 valence electrons. The van der Waals surface area contributed by atoms with Gasteiger partial charge in [-0.3, -0.25) is 14.2 Å². The molecule has 28 heavy (non-hydrogen) atoms. The van der Waals surface area contributed by atoms with E-state index < -0.39 is 0 Å². The number of rotatable bonds is 2. The summed E-state index contributed by atoms with van der Waals surface area (Å²) < 4.78 is 1.59. The van der Waals surface area contributed by atoms with Crippen LogP contribution in [0.1, 0.15) is 50.6 Å². The SMILES string of the molecule is Cc1ccc(C)c(-n2c3c(cc(C#N)c2=O)C(=O)C[C@H](c2ccccc2)C3)c1. The van der Waals surface area contributed by atoms with Crippen LogP contribution in [0.15, 0.2) is 59.4 Å². The lowest BCUT2D eigenvalue weighted by atomic mass is 9.81. The molecule has 0 saturated carbocycles. The van der Waals surface area contributed by atoms with Gasteiger partial charge in [-0.05, 0) is 55.0 Å². The number of pyridine rings is 1. The molecule has 1 aromatic heterocycles. The van der Waals surface area contributed by atoms with E-state index in [9.17, 15) is 14.9 Å². The normalized spacial score (nSPS) is 15.8. The number of ketones is 1. The van der Waals surface area contributed by atoms with Crippen LogP contribution in [0, 0.1) is 25.2 Å². The van der Waals surface area contributed by atoms with Crippen LogP contribution < -0.4 is 5.56 Å². The lowest BCUT2D eigenvalue weighted by molar-refractivity contribution is 0.0962. The van der Waals surface area contributed by atoms with E-state index >= 15 is 0 Å². The fourth-order valence-corrected chi connectivity index (χ4v) is 3.99. The van der Waals surface area contributed by atoms with Gasteiger partial charge < -0.3 is 0 Å². The summed E-state index contributed by atoms with van der Waals surface area (Å²) in [7, 11) is 0. The van der Waals surface area contributed by atoms with E-state index in [4.69, 9.17) is 0 Å². The Labute approximate surface area is 163 Å². The third-order valence-electron chi connectivity index (χ3n) is 5.47. The van der Waals surface area contributed by atoms with E-state index in [1.54, 1.807) is 4.57 Å². The van der Waals surface area contributed by atoms with Crippen molar-refractivity contribution in [2.75, 3.05) is 0 Å². The van der Waals surface area contributed by atoms with Gasteiger partial charge in [0, 0.05) is 17.7 Å². The first kappa shape index (κ1) is 17.9. The number of carbonyl (C=O) groups excluding carboxylic acids is 1. The van der Waals surface area contributed by atoms with E-state index in [0.29, 0.717) is 24.1 Å². The second-order valence-electron chi connectivity index (χ2n) is 7.40. The number of hydrogen-bond acceptors (Lipinski definition) is 3. The monoisotopic (exact) mass is 368 g/mol. The minimum absolute atomic E-state index is 0.00571. The van der Waals surface area contributed by atoms with Crippen LogP contribution in [0.5, 0.6) is 0 Å². The summed E-state index contributed by atoms with van der Waals surface area (Å²) in [6, 6.07) is 19.3. The van der Waals surface area contributed by atoms with Crippen LogP contribution in [0.3, 0.4) is 0 Å². The molecule has 3 aromatic rings. The molecular formula is C24H20N2O2. The van der Waals surface area contributed by atoms with Crippen LogP contribution >= 0.6 is 0 Å². The number of carbonyl (C=O) groups is 1. The highest BCUT2D eigenvalue weighted by Crippen LogP contribution is 2.33. The first-order valence-electron chi connectivity index (χ1n) is 9.34. The third kappa shape index (κ3) is 2.95. The summed E-state index contributed by atoms with van der Waals surface area (Å²) in [5.41, 5.74) is 4.60. The first-order chi connectivity index (χ1) is 13.5. The quantitative estimate of drug-likeness (QED) is 0.680. The lowest BCUT2D eigenvalue weighted by Gasteiger charge is -2.27. The van der Waals surface area contributed by atoms with Gasteiger partial charge in [0.15, 0.2) is 5.78 Å². The minimum Gasteiger partial charge on any atom is -0.294 e. The summed E-state index contributed by atoms with van der Waals surface area (Å²) >= 11 is 0. The maximum absolute atomic E-state index is 13.1. The van der Waals surface area contributed by atoms with Gasteiger partial charge in [0.25, 0.3) is 5.56 Å². The number of fused-ring (bicyclic) bond motifs is 1. The Morgan fingerprint density at radius 1 is 1.00 bits per heavy atom. The molecule has 1 heterocycles. The molecule has 1 aliphatic carbocycles. The van der Waals surface area contributed by atoms with Crippen molar-refractivity contribution in [3.63, 3.8) is 0 Å². The second kappa shape index (κ2) is 6.94. The summed E-state index contributed by atoms with van der Waals surface area (Å²) in [6.45, 7) is 3.90. The van der Waals surface area contributed by atoms with Crippen molar-refractivity contribution in [1.29, 1.82) is 5.26 Å². The largest absolute Gasteiger partial charge is 0.294 e. The van der Waals surface area contributed by atoms with Gasteiger partial charge in [-0.25, -0.2) is 0 Å². The molecule has 0 spiro atoms. The molecule has 0 amide bonds. The molecule has 4 heteroatoms. The van der Waals surface area contributed by atoms with Gasteiger partial charge in [-0.1, -0.05) is 42.5 Å². The molecule has 0 fully saturated rings. The number of aromatic nitrogens is 1. The Morgan fingerprint density at radius 3 is 2.46 bits per heavy atom. The van der Waals surface area contributed by atoms with Crippen molar-refractivity contribution in [2.45, 2.75) is 32.6 Å². The average Bonchev–Trinajstić information content (AvgIpc) is 2.70. The predicted molar refractivity (Wildman–Crippen MR) is 108 cm³/mol. The van der Waals surface area contributed by atoms with Crippen LogP contribution in [-0.4, -0.2) is 10.4 Å². The molecule has 0 N–H and O–H groups in total. The molecule has 0 unspecified atom stereocenters. The van der Waals surface area contributed by atoms with Crippen molar-refractivity contribution in [2.24, 2.45) is 0 Å². The number of Topliss-reactive ketones (excluding diaryl/α,β-unsaturated/α-hetero) is 1. The van der Waals surface area contributed by atoms with Crippen LogP contribution in [0.2, 0.25) is 0 Å². The molecule has 4 nitrogen and oxygen atoms in total. The van der Waals surface area contributed by atoms with Gasteiger partial charge in [0.1, 0.15) is 11.6 Å². The molecule has 1 aliphatic rings. The lowest BCUT2D eigenvalue weighted by Crippen LogP contribution is -2.32. The number of nitriles is 1. The average molecular weight is 368 g/mol. The van der Waals surface area contributed by atoms with Gasteiger partial charge >= 0.3 is 0 Å². The van der Waals surface area contributed by atoms with E-state index in [1.165, 1.54) is 6.07 Å². The van der Waals surface area contributed by atoms with Gasteiger partial charge in [-0.2, -0.15) is 5.26 Å². The van der Waals surface area contributed by atoms with E-state index in [1.807, 2.05) is 68.4 Å². The molecule has 0 bridgehead atoms. The van der Waals surface area contributed by atoms with E-state index in [2.05, 4.69) is 0 Å². The van der Waals surface area contributed by atoms with Crippen LogP contribution in [-0.2, 0) is 6.42 Å². The number of aryl methyl sites for hydroxylation is 2. The van der Waals surface area contributed by atoms with Crippen molar-refractivity contribution >= 4 is 5.78 Å². The topological polar surface area (TPSA) is 62.9 Å². The zero-order valence-electron chi connectivity index (χ0n) is 15.9. The molecule has 4 rings (SSSR count). The Bertz CT molecular complexity index is 1180. The Balaban J connectivity index is 1.99. The molecule has 0 aliphatic heterocycles. The van der Waals surface area contributed by atoms with Crippen LogP contribution in [0.25, 0.3) is 5.69 Å². The van der Waals surface area contributed by atoms with Crippen LogP contribution in [0.4, 0.5) is 0 Å². The number of hydrogen-bond donors (Lipinski definition) is 0. The van der Waals surface area contributed by atoms with Gasteiger partial charge in [0.2, 0.25) is 0 Å². The number of benzene rings is 2. The zero-order valence-corrected chi connectivity index (χ0v) is 15.9. The number of nitrogens with zero attached hydrogens (tertiary/aromatic N) is 2. The standard InChI is InChI=1S/C24H20N2O2/c1-15-8-9-16(2)21(10-15)26-22-12-18(17-6-4-3-5-7-17)13-23(27)20(22)11-19(14-25)24(26)28/h3-11,18H,12-13H2,1-2H3/t18-/m1/s1. The first-order valence-corrected chi connectivity index (χ1v) is 9.34. The molecule has 2 aromatic carbocycles. The fraction of sp³-hybridized carbons (Fsp3) is 0.208. The maximum atomic E-state index is 13.1. The highest BCUT2D eigenvalue weighted by atomic mass is 16.1. The second-order valence-corrected chi connectivity index (χ2v) is 7.40. The van der Waals surface area contributed by atoms with Crippen molar-refractivity contribution < 1.29 is 4.79 Å². The molecular weight excluding hydrogens is 348 g/mol. The van der Waals surface area contributed by atoms with Gasteiger partial charge in [-0.15, -0.1) is 0 Å². The summed E-state index contributed by atoms with van der Waals surface area (Å²) in [5.74, 6) is -0.00411. The highest BCUT2D eigenvalue weighted by Gasteiger charge is 2.30. The van der Waals surface area contributed by atoms with Crippen molar-refractivity contribution in [3.05, 3.63) is 98.5 Å². The predicted octanol–water partition coefficient (Wildman–Crippen LogP) is 4.24. The maximum Gasteiger partial charge on any atom is 0.273 e. The van der Waals surface area contributed by atoms with Crippen molar-refractivity contribution in [1.82, 2.24) is 4.57 Å². The highest BCUT2D eigenvalue weighted by molar-refractivity contribution is 5.99. The molecule has 0 radical (unpaired) electrons. The smallest absolute Gasteiger partial charge is 0.273 e. The summed E-state index contributed by atoms with van der Waals surface area (Å²) in [6.07, 6.45) is 0.965. The Hall–Kier alpha value is -3.45. The zero-order chi connectivity index (χ0) is 19.8. The summed E-state index contributed by atoms with van der Waals surface area (Å²) in [4.78, 5) is 26.1. The van der Waals surface area contributed by atoms with Gasteiger partial charge in [0.05, 0.1) is 5.69 Å². The third-order valence-corrected chi connectivity index (χ3v) is 5.47. The molecule has 0 saturated heterocycles. The Morgan fingerprint density at radius 2 is 1.75 bits per heavy atom. The van der Waals surface area contributed by atoms with Crippen molar-refractivity contribution in [3.8, 4) is 11.8 Å². The fourth-order valence-electron chi connectivity index (χ4n) is 3.99. The molecule has 1 atom stereocenters.